The molecule has 1 aromatic carbocycles. The fraction of sp³-hybridized carbons (Fsp3) is 0.400. The van der Waals surface area contributed by atoms with Crippen LogP contribution < -0.4 is 10.6 Å². The molecule has 3 rings (SSSR count). The normalized spacial score (nSPS) is 29.5. The van der Waals surface area contributed by atoms with Crippen LogP contribution in [0.3, 0.4) is 0 Å². The van der Waals surface area contributed by atoms with Gasteiger partial charge in [0.2, 0.25) is 0 Å². The van der Waals surface area contributed by atoms with Gasteiger partial charge in [-0.25, -0.2) is 0 Å². The molecule has 1 saturated heterocycles. The summed E-state index contributed by atoms with van der Waals surface area (Å²) in [5, 5.41) is 16.3. The second kappa shape index (κ2) is 2.39. The van der Waals surface area contributed by atoms with Gasteiger partial charge in [0.15, 0.2) is 0 Å². The summed E-state index contributed by atoms with van der Waals surface area (Å²) in [5.74, 6) is 0.925. The molecule has 0 aromatic heterocycles. The molecular weight excluding hydrogens is 164 g/mol. The van der Waals surface area contributed by atoms with E-state index in [1.54, 1.807) is 6.07 Å². The van der Waals surface area contributed by atoms with Crippen LogP contribution in [0.4, 0.5) is 5.69 Å². The molecule has 2 atom stereocenters. The van der Waals surface area contributed by atoms with Gasteiger partial charge in [0.05, 0.1) is 5.69 Å². The molecule has 2 aliphatic rings. The minimum absolute atomic E-state index is 0.381. The monoisotopic (exact) mass is 176 g/mol. The number of aromatic hydroxyl groups is 1. The Morgan fingerprint density at radius 2 is 2.23 bits per heavy atom. The van der Waals surface area contributed by atoms with Crippen LogP contribution in [0.25, 0.3) is 0 Å². The van der Waals surface area contributed by atoms with Crippen LogP contribution in [0.2, 0.25) is 0 Å². The summed E-state index contributed by atoms with van der Waals surface area (Å²) in [6, 6.07) is 6.22. The Balaban J connectivity index is 2.12. The second-order valence-corrected chi connectivity index (χ2v) is 3.76. The first kappa shape index (κ1) is 7.21. The van der Waals surface area contributed by atoms with Crippen molar-refractivity contribution in [1.29, 1.82) is 0 Å². The topological polar surface area (TPSA) is 44.3 Å². The number of benzene rings is 1. The smallest absolute Gasteiger partial charge is 0.138 e. The molecule has 2 heterocycles. The first-order valence-corrected chi connectivity index (χ1v) is 4.65. The summed E-state index contributed by atoms with van der Waals surface area (Å²) < 4.78 is 0. The van der Waals surface area contributed by atoms with Crippen molar-refractivity contribution in [2.75, 3.05) is 18.4 Å². The van der Waals surface area contributed by atoms with Crippen molar-refractivity contribution < 1.29 is 5.11 Å². The predicted octanol–water partition coefficient (Wildman–Crippen LogP) is 0.873. The van der Waals surface area contributed by atoms with Gasteiger partial charge in [0, 0.05) is 25.0 Å². The Labute approximate surface area is 76.8 Å². The zero-order valence-electron chi connectivity index (χ0n) is 7.25. The summed E-state index contributed by atoms with van der Waals surface area (Å²) in [5.41, 5.74) is 2.20. The molecule has 2 aliphatic heterocycles. The summed E-state index contributed by atoms with van der Waals surface area (Å²) in [6.07, 6.45) is 0. The van der Waals surface area contributed by atoms with Gasteiger partial charge in [-0.15, -0.1) is 0 Å². The molecule has 0 spiro atoms. The van der Waals surface area contributed by atoms with Crippen molar-refractivity contribution in [1.82, 2.24) is 5.32 Å². The van der Waals surface area contributed by atoms with Crippen molar-refractivity contribution >= 4 is 5.69 Å². The van der Waals surface area contributed by atoms with Crippen molar-refractivity contribution in [2.45, 2.75) is 12.0 Å². The zero-order chi connectivity index (χ0) is 8.84. The molecular formula is C10H12N2O. The molecule has 13 heavy (non-hydrogen) atoms. The number of hydrogen-bond acceptors (Lipinski definition) is 3. The lowest BCUT2D eigenvalue weighted by Gasteiger charge is -2.06. The highest BCUT2D eigenvalue weighted by atomic mass is 16.3. The molecule has 68 valence electrons. The molecule has 1 aromatic rings. The van der Waals surface area contributed by atoms with Crippen LogP contribution in [0.1, 0.15) is 11.5 Å². The quantitative estimate of drug-likeness (QED) is 0.514. The van der Waals surface area contributed by atoms with Gasteiger partial charge in [-0.2, -0.15) is 0 Å². The summed E-state index contributed by atoms with van der Waals surface area (Å²) in [7, 11) is 0. The molecule has 1 fully saturated rings. The molecule has 3 heteroatoms. The van der Waals surface area contributed by atoms with Gasteiger partial charge in [0.25, 0.3) is 0 Å². The van der Waals surface area contributed by atoms with E-state index < -0.39 is 0 Å². The van der Waals surface area contributed by atoms with Crippen molar-refractivity contribution in [2.24, 2.45) is 0 Å². The first-order chi connectivity index (χ1) is 6.36. The van der Waals surface area contributed by atoms with Gasteiger partial charge in [-0.05, 0) is 11.6 Å². The van der Waals surface area contributed by atoms with Crippen LogP contribution in [0.15, 0.2) is 18.2 Å². The van der Waals surface area contributed by atoms with E-state index in [2.05, 4.69) is 16.7 Å². The largest absolute Gasteiger partial charge is 0.506 e. The number of fused-ring (bicyclic) bond motifs is 3. The highest BCUT2D eigenvalue weighted by Gasteiger charge is 2.36. The van der Waals surface area contributed by atoms with E-state index in [1.165, 1.54) is 5.56 Å². The van der Waals surface area contributed by atoms with Gasteiger partial charge in [-0.1, -0.05) is 12.1 Å². The molecule has 3 N–H and O–H groups in total. The molecule has 3 nitrogen and oxygen atoms in total. The number of phenolic OH excluding ortho intramolecular Hbond substituents is 1. The fourth-order valence-corrected chi connectivity index (χ4v) is 2.37. The maximum atomic E-state index is 9.60. The SMILES string of the molecule is Oc1cccc2c1NC1CNCC21. The van der Waals surface area contributed by atoms with Gasteiger partial charge >= 0.3 is 0 Å². The number of nitrogens with one attached hydrogen (secondary N) is 2. The molecule has 0 amide bonds. The fourth-order valence-electron chi connectivity index (χ4n) is 2.37. The van der Waals surface area contributed by atoms with Gasteiger partial charge < -0.3 is 15.7 Å². The van der Waals surface area contributed by atoms with E-state index in [0.29, 0.717) is 17.7 Å². The molecule has 0 saturated carbocycles. The average molecular weight is 176 g/mol. The minimum Gasteiger partial charge on any atom is -0.506 e. The van der Waals surface area contributed by atoms with Crippen molar-refractivity contribution in [3.8, 4) is 5.75 Å². The van der Waals surface area contributed by atoms with Crippen molar-refractivity contribution in [3.63, 3.8) is 0 Å². The Morgan fingerprint density at radius 3 is 3.15 bits per heavy atom. The standard InChI is InChI=1S/C10H12N2O/c13-9-3-1-2-6-7-4-11-5-8(7)12-10(6)9/h1-3,7-8,11-13H,4-5H2. The average Bonchev–Trinajstić information content (AvgIpc) is 2.65. The summed E-state index contributed by atoms with van der Waals surface area (Å²) >= 11 is 0. The van der Waals surface area contributed by atoms with E-state index in [-0.39, 0.29) is 0 Å². The van der Waals surface area contributed by atoms with E-state index in [4.69, 9.17) is 0 Å². The van der Waals surface area contributed by atoms with E-state index in [1.807, 2.05) is 6.07 Å². The maximum absolute atomic E-state index is 9.60. The van der Waals surface area contributed by atoms with E-state index >= 15 is 0 Å². The third-order valence-electron chi connectivity index (χ3n) is 3.02. The third-order valence-corrected chi connectivity index (χ3v) is 3.02. The lowest BCUT2D eigenvalue weighted by atomic mass is 9.98. The second-order valence-electron chi connectivity index (χ2n) is 3.76. The third kappa shape index (κ3) is 0.877. The lowest BCUT2D eigenvalue weighted by molar-refractivity contribution is 0.477. The van der Waals surface area contributed by atoms with Crippen LogP contribution in [-0.4, -0.2) is 24.2 Å². The predicted molar refractivity (Wildman–Crippen MR) is 51.1 cm³/mol. The molecule has 0 bridgehead atoms. The van der Waals surface area contributed by atoms with E-state index in [0.717, 1.165) is 18.8 Å². The molecule has 2 unspecified atom stereocenters. The number of phenols is 1. The summed E-state index contributed by atoms with van der Waals surface area (Å²) in [4.78, 5) is 0. The lowest BCUT2D eigenvalue weighted by Crippen LogP contribution is -2.20. The van der Waals surface area contributed by atoms with Crippen LogP contribution in [-0.2, 0) is 0 Å². The Bertz CT molecular complexity index is 351. The van der Waals surface area contributed by atoms with E-state index in [9.17, 15) is 5.11 Å². The van der Waals surface area contributed by atoms with Crippen LogP contribution in [0.5, 0.6) is 5.75 Å². The van der Waals surface area contributed by atoms with Gasteiger partial charge in [-0.3, -0.25) is 0 Å². The number of para-hydroxylation sites is 1. The Kier molecular flexibility index (Phi) is 1.32. The highest BCUT2D eigenvalue weighted by Crippen LogP contribution is 2.42. The number of anilines is 1. The highest BCUT2D eigenvalue weighted by molar-refractivity contribution is 5.68. The number of hydrogen-bond donors (Lipinski definition) is 3. The first-order valence-electron chi connectivity index (χ1n) is 4.65. The van der Waals surface area contributed by atoms with Crippen molar-refractivity contribution in [3.05, 3.63) is 23.8 Å². The van der Waals surface area contributed by atoms with Crippen LogP contribution >= 0.6 is 0 Å². The Hall–Kier alpha value is -1.22. The summed E-state index contributed by atoms with van der Waals surface area (Å²) in [6.45, 7) is 2.02. The minimum atomic E-state index is 0.381. The molecule has 0 aliphatic carbocycles. The zero-order valence-corrected chi connectivity index (χ0v) is 7.25. The van der Waals surface area contributed by atoms with Gasteiger partial charge in [0.1, 0.15) is 5.75 Å². The van der Waals surface area contributed by atoms with Crippen LogP contribution in [0, 0.1) is 0 Å². The maximum Gasteiger partial charge on any atom is 0.138 e. The molecule has 0 radical (unpaired) electrons. The Morgan fingerprint density at radius 1 is 1.31 bits per heavy atom. The number of rotatable bonds is 0.